The SMILES string of the molecule is CCOc1ccccc1Oc1c(N)c(C)nn1CC. The molecule has 0 radical (unpaired) electrons. The lowest BCUT2D eigenvalue weighted by Crippen LogP contribution is -2.02. The number of anilines is 1. The van der Waals surface area contributed by atoms with Crippen LogP contribution in [0.15, 0.2) is 24.3 Å². The average molecular weight is 261 g/mol. The predicted octanol–water partition coefficient (Wildman–Crippen LogP) is 2.98. The van der Waals surface area contributed by atoms with Gasteiger partial charge in [-0.1, -0.05) is 12.1 Å². The molecule has 5 nitrogen and oxygen atoms in total. The Hall–Kier alpha value is -2.17. The zero-order valence-corrected chi connectivity index (χ0v) is 11.5. The molecule has 0 saturated carbocycles. The monoisotopic (exact) mass is 261 g/mol. The van der Waals surface area contributed by atoms with Crippen LogP contribution >= 0.6 is 0 Å². The molecule has 102 valence electrons. The van der Waals surface area contributed by atoms with Crippen LogP contribution < -0.4 is 15.2 Å². The van der Waals surface area contributed by atoms with E-state index < -0.39 is 0 Å². The lowest BCUT2D eigenvalue weighted by atomic mass is 10.3. The first-order valence-corrected chi connectivity index (χ1v) is 6.39. The molecule has 0 saturated heterocycles. The van der Waals surface area contributed by atoms with Crippen LogP contribution in [-0.2, 0) is 6.54 Å². The highest BCUT2D eigenvalue weighted by molar-refractivity contribution is 5.55. The second-order valence-corrected chi connectivity index (χ2v) is 4.10. The largest absolute Gasteiger partial charge is 0.490 e. The van der Waals surface area contributed by atoms with Gasteiger partial charge in [-0.25, -0.2) is 4.68 Å². The van der Waals surface area contributed by atoms with Gasteiger partial charge in [-0.2, -0.15) is 5.10 Å². The van der Waals surface area contributed by atoms with Crippen molar-refractivity contribution in [3.63, 3.8) is 0 Å². The van der Waals surface area contributed by atoms with Crippen molar-refractivity contribution in [1.82, 2.24) is 9.78 Å². The Morgan fingerprint density at radius 1 is 1.21 bits per heavy atom. The minimum Gasteiger partial charge on any atom is -0.490 e. The second kappa shape index (κ2) is 5.65. The van der Waals surface area contributed by atoms with Gasteiger partial charge in [0.05, 0.1) is 12.3 Å². The molecule has 0 bridgehead atoms. The molecule has 0 atom stereocenters. The summed E-state index contributed by atoms with van der Waals surface area (Å²) >= 11 is 0. The zero-order chi connectivity index (χ0) is 13.8. The minimum atomic E-state index is 0.562. The fourth-order valence-corrected chi connectivity index (χ4v) is 1.81. The van der Waals surface area contributed by atoms with Gasteiger partial charge in [0.2, 0.25) is 5.88 Å². The van der Waals surface area contributed by atoms with Crippen molar-refractivity contribution in [1.29, 1.82) is 0 Å². The topological polar surface area (TPSA) is 62.3 Å². The van der Waals surface area contributed by atoms with Gasteiger partial charge in [0.1, 0.15) is 5.69 Å². The third kappa shape index (κ3) is 2.65. The van der Waals surface area contributed by atoms with Crippen LogP contribution in [0, 0.1) is 6.92 Å². The van der Waals surface area contributed by atoms with Gasteiger partial charge in [-0.15, -0.1) is 0 Å². The second-order valence-electron chi connectivity index (χ2n) is 4.10. The molecule has 0 amide bonds. The molecular weight excluding hydrogens is 242 g/mol. The molecule has 1 aromatic carbocycles. The first-order chi connectivity index (χ1) is 9.17. The average Bonchev–Trinajstić information content (AvgIpc) is 2.69. The molecule has 0 aliphatic rings. The summed E-state index contributed by atoms with van der Waals surface area (Å²) in [5.74, 6) is 1.91. The Morgan fingerprint density at radius 3 is 2.53 bits per heavy atom. The summed E-state index contributed by atoms with van der Waals surface area (Å²) in [6.45, 7) is 7.08. The first-order valence-electron chi connectivity index (χ1n) is 6.39. The summed E-state index contributed by atoms with van der Waals surface area (Å²) in [5.41, 5.74) is 7.33. The van der Waals surface area contributed by atoms with Crippen LogP contribution in [0.4, 0.5) is 5.69 Å². The number of nitrogens with zero attached hydrogens (tertiary/aromatic N) is 2. The van der Waals surface area contributed by atoms with Gasteiger partial charge < -0.3 is 15.2 Å². The van der Waals surface area contributed by atoms with E-state index in [-0.39, 0.29) is 0 Å². The minimum absolute atomic E-state index is 0.562. The molecule has 0 unspecified atom stereocenters. The van der Waals surface area contributed by atoms with Crippen molar-refractivity contribution in [2.24, 2.45) is 0 Å². The summed E-state index contributed by atoms with van der Waals surface area (Å²) in [7, 11) is 0. The number of nitrogens with two attached hydrogens (primary N) is 1. The number of ether oxygens (including phenoxy) is 2. The van der Waals surface area contributed by atoms with Crippen molar-refractivity contribution < 1.29 is 9.47 Å². The third-order valence-electron chi connectivity index (χ3n) is 2.78. The van der Waals surface area contributed by atoms with Gasteiger partial charge >= 0.3 is 0 Å². The Bertz CT molecular complexity index is 564. The molecule has 1 heterocycles. The zero-order valence-electron chi connectivity index (χ0n) is 11.5. The van der Waals surface area contributed by atoms with Crippen molar-refractivity contribution >= 4 is 5.69 Å². The molecule has 2 aromatic rings. The lowest BCUT2D eigenvalue weighted by Gasteiger charge is -2.12. The number of nitrogen functional groups attached to an aromatic ring is 1. The first kappa shape index (κ1) is 13.3. The van der Waals surface area contributed by atoms with Crippen LogP contribution in [0.5, 0.6) is 17.4 Å². The maximum absolute atomic E-state index is 6.00. The van der Waals surface area contributed by atoms with Gasteiger partial charge in [0.15, 0.2) is 11.5 Å². The Balaban J connectivity index is 2.36. The van der Waals surface area contributed by atoms with Gasteiger partial charge in [0.25, 0.3) is 0 Å². The molecule has 0 aliphatic carbocycles. The smallest absolute Gasteiger partial charge is 0.241 e. The fraction of sp³-hybridized carbons (Fsp3) is 0.357. The molecule has 2 rings (SSSR count). The van der Waals surface area contributed by atoms with Gasteiger partial charge in [-0.05, 0) is 32.9 Å². The molecular formula is C14H19N3O2. The number of hydrogen-bond donors (Lipinski definition) is 1. The Kier molecular flexibility index (Phi) is 3.94. The maximum Gasteiger partial charge on any atom is 0.241 e. The van der Waals surface area contributed by atoms with E-state index in [1.807, 2.05) is 45.0 Å². The number of para-hydroxylation sites is 2. The van der Waals surface area contributed by atoms with E-state index in [9.17, 15) is 0 Å². The quantitative estimate of drug-likeness (QED) is 0.898. The van der Waals surface area contributed by atoms with Crippen molar-refractivity contribution in [2.45, 2.75) is 27.3 Å². The summed E-state index contributed by atoms with van der Waals surface area (Å²) in [6.07, 6.45) is 0. The molecule has 0 fully saturated rings. The number of benzene rings is 1. The Morgan fingerprint density at radius 2 is 1.89 bits per heavy atom. The number of aromatic nitrogens is 2. The van der Waals surface area contributed by atoms with Crippen LogP contribution in [0.25, 0.3) is 0 Å². The van der Waals surface area contributed by atoms with Crippen LogP contribution in [0.1, 0.15) is 19.5 Å². The van der Waals surface area contributed by atoms with E-state index in [2.05, 4.69) is 5.10 Å². The van der Waals surface area contributed by atoms with Gasteiger partial charge in [-0.3, -0.25) is 0 Å². The van der Waals surface area contributed by atoms with Crippen LogP contribution in [0.3, 0.4) is 0 Å². The van der Waals surface area contributed by atoms with Crippen LogP contribution in [-0.4, -0.2) is 16.4 Å². The highest BCUT2D eigenvalue weighted by atomic mass is 16.5. The van der Waals surface area contributed by atoms with E-state index in [0.29, 0.717) is 36.2 Å². The molecule has 5 heteroatoms. The fourth-order valence-electron chi connectivity index (χ4n) is 1.81. The molecule has 19 heavy (non-hydrogen) atoms. The number of aryl methyl sites for hydroxylation is 2. The van der Waals surface area contributed by atoms with E-state index in [4.69, 9.17) is 15.2 Å². The summed E-state index contributed by atoms with van der Waals surface area (Å²) in [6, 6.07) is 7.53. The predicted molar refractivity (Wildman–Crippen MR) is 74.7 cm³/mol. The van der Waals surface area contributed by atoms with Crippen molar-refractivity contribution in [3.05, 3.63) is 30.0 Å². The summed E-state index contributed by atoms with van der Waals surface area (Å²) < 4.78 is 13.2. The van der Waals surface area contributed by atoms with E-state index in [1.54, 1.807) is 4.68 Å². The third-order valence-corrected chi connectivity index (χ3v) is 2.78. The standard InChI is InChI=1S/C14H19N3O2/c1-4-17-14(13(15)10(3)16-17)19-12-9-7-6-8-11(12)18-5-2/h6-9H,4-5,15H2,1-3H3. The van der Waals surface area contributed by atoms with Gasteiger partial charge in [0, 0.05) is 6.54 Å². The van der Waals surface area contributed by atoms with Crippen molar-refractivity contribution in [3.8, 4) is 17.4 Å². The number of hydrogen-bond acceptors (Lipinski definition) is 4. The highest BCUT2D eigenvalue weighted by Crippen LogP contribution is 2.35. The lowest BCUT2D eigenvalue weighted by molar-refractivity contribution is 0.315. The van der Waals surface area contributed by atoms with E-state index >= 15 is 0 Å². The normalized spacial score (nSPS) is 10.5. The van der Waals surface area contributed by atoms with E-state index in [0.717, 1.165) is 5.69 Å². The summed E-state index contributed by atoms with van der Waals surface area (Å²) in [5, 5.41) is 4.33. The maximum atomic E-state index is 6.00. The Labute approximate surface area is 112 Å². The molecule has 0 aliphatic heterocycles. The van der Waals surface area contributed by atoms with Crippen molar-refractivity contribution in [2.75, 3.05) is 12.3 Å². The van der Waals surface area contributed by atoms with E-state index in [1.165, 1.54) is 0 Å². The molecule has 1 aromatic heterocycles. The number of rotatable bonds is 5. The highest BCUT2D eigenvalue weighted by Gasteiger charge is 2.15. The molecule has 0 spiro atoms. The van der Waals surface area contributed by atoms with Crippen LogP contribution in [0.2, 0.25) is 0 Å². The summed E-state index contributed by atoms with van der Waals surface area (Å²) in [4.78, 5) is 0. The molecule has 2 N–H and O–H groups in total.